The normalized spacial score (nSPS) is 8.22. The van der Waals surface area contributed by atoms with Gasteiger partial charge in [0, 0.05) is 27.3 Å². The van der Waals surface area contributed by atoms with Gasteiger partial charge in [0.15, 0.2) is 0 Å². The first kappa shape index (κ1) is 9.72. The van der Waals surface area contributed by atoms with Crippen LogP contribution >= 0.6 is 23.2 Å². The van der Waals surface area contributed by atoms with E-state index in [-0.39, 0.29) is 27.3 Å². The van der Waals surface area contributed by atoms with Crippen LogP contribution in [0.25, 0.3) is 0 Å². The Hall–Kier alpha value is 0.722. The van der Waals surface area contributed by atoms with Crippen LogP contribution in [0.5, 0.6) is 0 Å². The van der Waals surface area contributed by atoms with Crippen molar-refractivity contribution in [3.05, 3.63) is 34.3 Å². The van der Waals surface area contributed by atoms with Crippen LogP contribution in [-0.4, -0.2) is 27.3 Å². The second-order valence-corrected chi connectivity index (χ2v) is 2.23. The Labute approximate surface area is 84.3 Å². The van der Waals surface area contributed by atoms with Gasteiger partial charge in [0.2, 0.25) is 0 Å². The molecule has 0 saturated heterocycles. The van der Waals surface area contributed by atoms with Crippen molar-refractivity contribution in [2.24, 2.45) is 0 Å². The average Bonchev–Trinajstić information content (AvgIpc) is 1.77. The molecule has 0 saturated carbocycles. The number of hydrogen-bond donors (Lipinski definition) is 0. The maximum atomic E-state index is 5.58. The van der Waals surface area contributed by atoms with E-state index < -0.39 is 0 Å². The Bertz CT molecular complexity index is 167. The standard InChI is InChI=1S/C6H4Cl2.Pb/c7-5-3-1-2-4-6(5)8;/h1-4H;. The van der Waals surface area contributed by atoms with Crippen molar-refractivity contribution in [1.29, 1.82) is 0 Å². The molecule has 0 aliphatic carbocycles. The first-order chi connectivity index (χ1) is 3.80. The Morgan fingerprint density at radius 2 is 1.22 bits per heavy atom. The van der Waals surface area contributed by atoms with E-state index in [9.17, 15) is 0 Å². The largest absolute Gasteiger partial charge is 0.0827 e. The molecule has 9 heavy (non-hydrogen) atoms. The van der Waals surface area contributed by atoms with Crippen molar-refractivity contribution in [3.8, 4) is 0 Å². The molecule has 0 aliphatic rings. The van der Waals surface area contributed by atoms with E-state index in [2.05, 4.69) is 0 Å². The molecule has 1 aromatic rings. The van der Waals surface area contributed by atoms with Gasteiger partial charge >= 0.3 is 0 Å². The number of hydrogen-bond acceptors (Lipinski definition) is 0. The molecule has 0 amide bonds. The third-order valence-electron chi connectivity index (χ3n) is 0.824. The van der Waals surface area contributed by atoms with Crippen molar-refractivity contribution in [3.63, 3.8) is 0 Å². The average molecular weight is 354 g/mol. The quantitative estimate of drug-likeness (QED) is 0.629. The molecular formula is C6H4Cl2Pb. The summed E-state index contributed by atoms with van der Waals surface area (Å²) in [6.07, 6.45) is 0. The second kappa shape index (κ2) is 4.52. The number of halogens is 2. The van der Waals surface area contributed by atoms with Crippen LogP contribution in [0.15, 0.2) is 24.3 Å². The van der Waals surface area contributed by atoms with Crippen LogP contribution in [0.1, 0.15) is 0 Å². The Kier molecular flexibility index (Phi) is 4.89. The molecule has 0 unspecified atom stereocenters. The van der Waals surface area contributed by atoms with Gasteiger partial charge in [-0.3, -0.25) is 0 Å². The summed E-state index contributed by atoms with van der Waals surface area (Å²) < 4.78 is 0. The predicted octanol–water partition coefficient (Wildman–Crippen LogP) is 2.61. The second-order valence-electron chi connectivity index (χ2n) is 1.41. The SMILES string of the molecule is Clc1ccccc1Cl.[Pb]. The molecule has 0 atom stereocenters. The van der Waals surface area contributed by atoms with Gasteiger partial charge in [-0.25, -0.2) is 0 Å². The summed E-state index contributed by atoms with van der Waals surface area (Å²) in [7, 11) is 0. The minimum atomic E-state index is 0. The molecule has 46 valence electrons. The molecule has 0 aliphatic heterocycles. The van der Waals surface area contributed by atoms with Gasteiger partial charge in [-0.05, 0) is 12.1 Å². The van der Waals surface area contributed by atoms with Crippen LogP contribution in [0, 0.1) is 0 Å². The van der Waals surface area contributed by atoms with Crippen LogP contribution in [0.2, 0.25) is 10.0 Å². The fourth-order valence-electron chi connectivity index (χ4n) is 0.439. The third-order valence-corrected chi connectivity index (χ3v) is 1.58. The molecule has 0 N–H and O–H groups in total. The fraction of sp³-hybridized carbons (Fsp3) is 0. The summed E-state index contributed by atoms with van der Waals surface area (Å²) in [4.78, 5) is 0. The van der Waals surface area contributed by atoms with Gasteiger partial charge in [0.05, 0.1) is 10.0 Å². The molecule has 1 rings (SSSR count). The fourth-order valence-corrected chi connectivity index (χ4v) is 0.711. The van der Waals surface area contributed by atoms with Gasteiger partial charge < -0.3 is 0 Å². The monoisotopic (exact) mass is 354 g/mol. The molecular weight excluding hydrogens is 350 g/mol. The van der Waals surface area contributed by atoms with Gasteiger partial charge in [0.25, 0.3) is 0 Å². The number of rotatable bonds is 0. The molecule has 4 radical (unpaired) electrons. The van der Waals surface area contributed by atoms with Crippen molar-refractivity contribution in [2.75, 3.05) is 0 Å². The molecule has 0 nitrogen and oxygen atoms in total. The van der Waals surface area contributed by atoms with Crippen molar-refractivity contribution in [2.45, 2.75) is 0 Å². The summed E-state index contributed by atoms with van der Waals surface area (Å²) >= 11 is 11.2. The van der Waals surface area contributed by atoms with E-state index in [1.165, 1.54) is 0 Å². The first-order valence-electron chi connectivity index (χ1n) is 2.21. The molecule has 0 fully saturated rings. The van der Waals surface area contributed by atoms with E-state index in [0.717, 1.165) is 0 Å². The maximum Gasteiger partial charge on any atom is 0.0592 e. The number of benzene rings is 1. The molecule has 0 aromatic heterocycles. The van der Waals surface area contributed by atoms with E-state index >= 15 is 0 Å². The Morgan fingerprint density at radius 1 is 0.889 bits per heavy atom. The molecule has 1 aromatic carbocycles. The van der Waals surface area contributed by atoms with Gasteiger partial charge in [-0.15, -0.1) is 0 Å². The third kappa shape index (κ3) is 2.87. The minimum absolute atomic E-state index is 0. The van der Waals surface area contributed by atoms with Crippen LogP contribution in [0.3, 0.4) is 0 Å². The topological polar surface area (TPSA) is 0 Å². The molecule has 0 bridgehead atoms. The Morgan fingerprint density at radius 3 is 1.44 bits per heavy atom. The zero-order valence-electron chi connectivity index (χ0n) is 4.57. The predicted molar refractivity (Wildman–Crippen MR) is 42.2 cm³/mol. The van der Waals surface area contributed by atoms with Gasteiger partial charge in [-0.2, -0.15) is 0 Å². The van der Waals surface area contributed by atoms with Crippen LogP contribution in [-0.2, 0) is 0 Å². The zero-order valence-corrected chi connectivity index (χ0v) is 9.96. The van der Waals surface area contributed by atoms with Crippen LogP contribution < -0.4 is 0 Å². The summed E-state index contributed by atoms with van der Waals surface area (Å²) in [5.74, 6) is 0. The van der Waals surface area contributed by atoms with E-state index in [1.54, 1.807) is 12.1 Å². The van der Waals surface area contributed by atoms with E-state index in [0.29, 0.717) is 10.0 Å². The molecule has 0 spiro atoms. The summed E-state index contributed by atoms with van der Waals surface area (Å²) in [6.45, 7) is 0. The summed E-state index contributed by atoms with van der Waals surface area (Å²) in [5.41, 5.74) is 0. The first-order valence-corrected chi connectivity index (χ1v) is 2.96. The zero-order chi connectivity index (χ0) is 5.98. The van der Waals surface area contributed by atoms with E-state index in [4.69, 9.17) is 23.2 Å². The summed E-state index contributed by atoms with van der Waals surface area (Å²) in [5, 5.41) is 1.21. The smallest absolute Gasteiger partial charge is 0.0592 e. The van der Waals surface area contributed by atoms with Crippen LogP contribution in [0.4, 0.5) is 0 Å². The summed E-state index contributed by atoms with van der Waals surface area (Å²) in [6, 6.07) is 7.19. The van der Waals surface area contributed by atoms with Gasteiger partial charge in [0.1, 0.15) is 0 Å². The Balaban J connectivity index is 0.000000640. The maximum absolute atomic E-state index is 5.58. The van der Waals surface area contributed by atoms with Crippen molar-refractivity contribution < 1.29 is 0 Å². The molecule has 0 heterocycles. The van der Waals surface area contributed by atoms with Crippen molar-refractivity contribution >= 4 is 50.5 Å². The minimum Gasteiger partial charge on any atom is -0.0827 e. The van der Waals surface area contributed by atoms with Crippen molar-refractivity contribution in [1.82, 2.24) is 0 Å². The van der Waals surface area contributed by atoms with Gasteiger partial charge in [-0.1, -0.05) is 35.3 Å². The molecule has 3 heteroatoms. The van der Waals surface area contributed by atoms with E-state index in [1.807, 2.05) is 12.1 Å².